The van der Waals surface area contributed by atoms with Gasteiger partial charge in [0.2, 0.25) is 0 Å². The lowest BCUT2D eigenvalue weighted by molar-refractivity contribution is 0.461. The molecular formula is C31H32O3S. The molecule has 0 spiro atoms. The molecule has 0 aromatic heterocycles. The quantitative estimate of drug-likeness (QED) is 0.176. The summed E-state index contributed by atoms with van der Waals surface area (Å²) in [5.41, 5.74) is 6.28. The Bertz CT molecular complexity index is 1340. The van der Waals surface area contributed by atoms with Gasteiger partial charge >= 0.3 is 0 Å². The van der Waals surface area contributed by atoms with Crippen molar-refractivity contribution in [3.05, 3.63) is 118 Å². The van der Waals surface area contributed by atoms with Crippen molar-refractivity contribution in [3.8, 4) is 17.2 Å². The molecule has 0 aliphatic carbocycles. The van der Waals surface area contributed by atoms with Crippen LogP contribution >= 0.6 is 12.6 Å². The lowest BCUT2D eigenvalue weighted by Gasteiger charge is -2.34. The van der Waals surface area contributed by atoms with E-state index in [-0.39, 0.29) is 22.7 Å². The third-order valence-corrected chi connectivity index (χ3v) is 7.79. The van der Waals surface area contributed by atoms with Crippen LogP contribution in [-0.4, -0.2) is 15.3 Å². The molecule has 3 N–H and O–H groups in total. The molecule has 0 unspecified atom stereocenters. The number of phenolic OH excluding ortho intramolecular Hbond substituents is 3. The summed E-state index contributed by atoms with van der Waals surface area (Å²) >= 11 is 4.39. The second-order valence-electron chi connectivity index (χ2n) is 10.0. The van der Waals surface area contributed by atoms with Gasteiger partial charge in [-0.15, -0.1) is 12.6 Å². The van der Waals surface area contributed by atoms with Crippen LogP contribution < -0.4 is 0 Å². The maximum absolute atomic E-state index is 10.1. The van der Waals surface area contributed by atoms with Crippen molar-refractivity contribution in [1.29, 1.82) is 0 Å². The van der Waals surface area contributed by atoms with Crippen LogP contribution in [0.15, 0.2) is 83.8 Å². The lowest BCUT2D eigenvalue weighted by Crippen LogP contribution is -2.26. The number of phenols is 3. The first-order valence-electron chi connectivity index (χ1n) is 11.7. The Morgan fingerprint density at radius 1 is 0.514 bits per heavy atom. The second-order valence-corrected chi connectivity index (χ2v) is 10.5. The molecule has 4 aromatic carbocycles. The minimum Gasteiger partial charge on any atom is -0.508 e. The highest BCUT2D eigenvalue weighted by molar-refractivity contribution is 7.80. The van der Waals surface area contributed by atoms with Crippen LogP contribution in [0, 0.1) is 13.8 Å². The Kier molecular flexibility index (Phi) is 6.37. The number of benzene rings is 4. The number of hydrogen-bond acceptors (Lipinski definition) is 4. The standard InChI is InChI=1S/C31H32O3S/c1-19-16-24(11-13-26(19)32)31(5,25-12-14-27(33)20(2)17-25)22-8-6-21(7-9-22)30(3,4)23-10-15-28(34)29(35)18-23/h6-18,32-35H,1-5H3. The summed E-state index contributed by atoms with van der Waals surface area (Å²) in [6.45, 7) is 10.3. The highest BCUT2D eigenvalue weighted by Crippen LogP contribution is 2.42. The van der Waals surface area contributed by atoms with Crippen LogP contribution in [0.5, 0.6) is 17.2 Å². The zero-order valence-corrected chi connectivity index (χ0v) is 21.7. The summed E-state index contributed by atoms with van der Waals surface area (Å²) in [4.78, 5) is 0.560. The van der Waals surface area contributed by atoms with Crippen LogP contribution in [0.1, 0.15) is 59.7 Å². The van der Waals surface area contributed by atoms with Gasteiger partial charge in [0.1, 0.15) is 17.2 Å². The van der Waals surface area contributed by atoms with E-state index in [1.807, 2.05) is 50.2 Å². The first-order chi connectivity index (χ1) is 16.4. The Morgan fingerprint density at radius 2 is 0.914 bits per heavy atom. The second kappa shape index (κ2) is 9.01. The number of aryl methyl sites for hydroxylation is 2. The SMILES string of the molecule is Cc1cc(C(C)(c2ccc(C(C)(C)c3ccc(O)c(S)c3)cc2)c2ccc(O)c(C)c2)ccc1O. The van der Waals surface area contributed by atoms with Gasteiger partial charge in [0.05, 0.1) is 0 Å². The summed E-state index contributed by atoms with van der Waals surface area (Å²) < 4.78 is 0. The summed E-state index contributed by atoms with van der Waals surface area (Å²) in [7, 11) is 0. The Hall–Kier alpha value is -3.37. The predicted molar refractivity (Wildman–Crippen MR) is 145 cm³/mol. The third-order valence-electron chi connectivity index (χ3n) is 7.43. The molecule has 0 saturated carbocycles. The van der Waals surface area contributed by atoms with E-state index in [0.717, 1.165) is 38.9 Å². The molecule has 0 fully saturated rings. The fraction of sp³-hybridized carbons (Fsp3) is 0.226. The fourth-order valence-corrected chi connectivity index (χ4v) is 4.95. The molecule has 0 saturated heterocycles. The number of thiol groups is 1. The largest absolute Gasteiger partial charge is 0.508 e. The average molecular weight is 485 g/mol. The molecule has 0 radical (unpaired) electrons. The van der Waals surface area contributed by atoms with Crippen molar-refractivity contribution >= 4 is 12.6 Å². The van der Waals surface area contributed by atoms with Crippen LogP contribution in [0.3, 0.4) is 0 Å². The van der Waals surface area contributed by atoms with Crippen molar-refractivity contribution in [2.75, 3.05) is 0 Å². The third kappa shape index (κ3) is 4.39. The Balaban J connectivity index is 1.84. The first kappa shape index (κ1) is 24.7. The van der Waals surface area contributed by atoms with Gasteiger partial charge in [0.25, 0.3) is 0 Å². The average Bonchev–Trinajstić information content (AvgIpc) is 2.83. The van der Waals surface area contributed by atoms with Gasteiger partial charge in [0.15, 0.2) is 0 Å². The lowest BCUT2D eigenvalue weighted by atomic mass is 9.69. The predicted octanol–water partition coefficient (Wildman–Crippen LogP) is 7.39. The van der Waals surface area contributed by atoms with Crippen LogP contribution in [0.4, 0.5) is 0 Å². The molecule has 0 atom stereocenters. The molecule has 0 aliphatic heterocycles. The molecule has 0 heterocycles. The van der Waals surface area contributed by atoms with E-state index in [0.29, 0.717) is 4.90 Å². The van der Waals surface area contributed by atoms with Crippen LogP contribution in [0.2, 0.25) is 0 Å². The van der Waals surface area contributed by atoms with E-state index in [9.17, 15) is 15.3 Å². The van der Waals surface area contributed by atoms with Gasteiger partial charge < -0.3 is 15.3 Å². The van der Waals surface area contributed by atoms with E-state index >= 15 is 0 Å². The summed E-state index contributed by atoms with van der Waals surface area (Å²) in [5.74, 6) is 0.715. The van der Waals surface area contributed by atoms with Gasteiger partial charge in [-0.1, -0.05) is 68.4 Å². The van der Waals surface area contributed by atoms with Crippen molar-refractivity contribution < 1.29 is 15.3 Å². The molecule has 180 valence electrons. The van der Waals surface area contributed by atoms with Crippen molar-refractivity contribution in [1.82, 2.24) is 0 Å². The van der Waals surface area contributed by atoms with Crippen molar-refractivity contribution in [2.45, 2.75) is 50.3 Å². The van der Waals surface area contributed by atoms with E-state index in [2.05, 4.69) is 57.7 Å². The van der Waals surface area contributed by atoms with Gasteiger partial charge in [-0.05, 0) is 84.0 Å². The van der Waals surface area contributed by atoms with Crippen LogP contribution in [0.25, 0.3) is 0 Å². The summed E-state index contributed by atoms with van der Waals surface area (Å²) in [6, 6.07) is 25.6. The molecule has 4 aromatic rings. The molecule has 35 heavy (non-hydrogen) atoms. The minimum atomic E-state index is -0.504. The maximum atomic E-state index is 10.1. The monoisotopic (exact) mass is 484 g/mol. The zero-order chi connectivity index (χ0) is 25.5. The van der Waals surface area contributed by atoms with E-state index < -0.39 is 5.41 Å². The van der Waals surface area contributed by atoms with Gasteiger partial charge in [-0.2, -0.15) is 0 Å². The van der Waals surface area contributed by atoms with Gasteiger partial charge in [-0.3, -0.25) is 0 Å². The van der Waals surface area contributed by atoms with Gasteiger partial charge in [0, 0.05) is 15.7 Å². The topological polar surface area (TPSA) is 60.7 Å². The molecule has 0 aliphatic rings. The van der Waals surface area contributed by atoms with Crippen molar-refractivity contribution in [3.63, 3.8) is 0 Å². The Labute approximate surface area is 213 Å². The van der Waals surface area contributed by atoms with E-state index in [1.54, 1.807) is 18.2 Å². The summed E-state index contributed by atoms with van der Waals surface area (Å²) in [5, 5.41) is 30.2. The maximum Gasteiger partial charge on any atom is 0.128 e. The molecular weight excluding hydrogens is 452 g/mol. The fourth-order valence-electron chi connectivity index (χ4n) is 4.73. The normalized spacial score (nSPS) is 12.1. The van der Waals surface area contributed by atoms with E-state index in [1.165, 1.54) is 0 Å². The summed E-state index contributed by atoms with van der Waals surface area (Å²) in [6.07, 6.45) is 0. The molecule has 3 nitrogen and oxygen atoms in total. The number of hydrogen-bond donors (Lipinski definition) is 4. The molecule has 0 bridgehead atoms. The number of aromatic hydroxyl groups is 3. The molecule has 4 heteroatoms. The van der Waals surface area contributed by atoms with E-state index in [4.69, 9.17) is 0 Å². The smallest absolute Gasteiger partial charge is 0.128 e. The van der Waals surface area contributed by atoms with Crippen LogP contribution in [-0.2, 0) is 10.8 Å². The Morgan fingerprint density at radius 3 is 1.37 bits per heavy atom. The minimum absolute atomic E-state index is 0.174. The molecule has 4 rings (SSSR count). The first-order valence-corrected chi connectivity index (χ1v) is 12.1. The number of rotatable bonds is 5. The zero-order valence-electron chi connectivity index (χ0n) is 20.8. The van der Waals surface area contributed by atoms with Crippen molar-refractivity contribution in [2.24, 2.45) is 0 Å². The van der Waals surface area contributed by atoms with Gasteiger partial charge in [-0.25, -0.2) is 0 Å². The highest BCUT2D eigenvalue weighted by Gasteiger charge is 2.33. The molecule has 0 amide bonds. The highest BCUT2D eigenvalue weighted by atomic mass is 32.1.